The smallest absolute Gasteiger partial charge is 0.230 e. The first kappa shape index (κ1) is 19.5. The maximum atomic E-state index is 12.8. The number of rotatable bonds is 6. The molecule has 1 amide bonds. The van der Waals surface area contributed by atoms with Crippen molar-refractivity contribution in [3.63, 3.8) is 0 Å². The van der Waals surface area contributed by atoms with Crippen LogP contribution in [-0.2, 0) is 11.3 Å². The van der Waals surface area contributed by atoms with Crippen LogP contribution in [0.3, 0.4) is 0 Å². The molecule has 1 aliphatic heterocycles. The van der Waals surface area contributed by atoms with Gasteiger partial charge in [0, 0.05) is 18.0 Å². The van der Waals surface area contributed by atoms with Gasteiger partial charge in [0.05, 0.1) is 24.1 Å². The first-order valence-corrected chi connectivity index (χ1v) is 10.2. The van der Waals surface area contributed by atoms with Gasteiger partial charge in [0.2, 0.25) is 5.91 Å². The first-order chi connectivity index (χ1) is 14.0. The van der Waals surface area contributed by atoms with Gasteiger partial charge in [0.1, 0.15) is 5.75 Å². The Balaban J connectivity index is 1.67. The lowest BCUT2D eigenvalue weighted by Gasteiger charge is -2.11. The van der Waals surface area contributed by atoms with E-state index >= 15 is 0 Å². The Kier molecular flexibility index (Phi) is 5.53. The molecule has 1 unspecified atom stereocenters. The number of likely N-dealkylation sites (tertiary alicyclic amines) is 1. The minimum atomic E-state index is 0.0119. The van der Waals surface area contributed by atoms with Crippen LogP contribution in [0.25, 0.3) is 10.9 Å². The molecule has 0 aliphatic carbocycles. The van der Waals surface area contributed by atoms with Crippen molar-refractivity contribution in [3.05, 3.63) is 54.1 Å². The van der Waals surface area contributed by atoms with Gasteiger partial charge in [-0.3, -0.25) is 9.48 Å². The Morgan fingerprint density at radius 1 is 1.24 bits per heavy atom. The van der Waals surface area contributed by atoms with Crippen molar-refractivity contribution >= 4 is 22.6 Å². The number of anilines is 1. The van der Waals surface area contributed by atoms with E-state index in [1.165, 1.54) is 0 Å². The molecular weight excluding hydrogens is 364 g/mol. The summed E-state index contributed by atoms with van der Waals surface area (Å²) in [6, 6.07) is 16.1. The quantitative estimate of drug-likeness (QED) is 0.694. The SMILES string of the molecule is CC(C)Oc1ccc2c(NC(=O)C3CCN(C)C3)nn(Cc3ccccc3)c2c1. The van der Waals surface area contributed by atoms with Crippen LogP contribution in [0, 0.1) is 5.92 Å². The molecule has 1 aromatic heterocycles. The highest BCUT2D eigenvalue weighted by Gasteiger charge is 2.27. The number of nitrogens with one attached hydrogen (secondary N) is 1. The molecule has 6 nitrogen and oxygen atoms in total. The third-order valence-electron chi connectivity index (χ3n) is 5.27. The fourth-order valence-corrected chi connectivity index (χ4v) is 3.84. The van der Waals surface area contributed by atoms with Gasteiger partial charge in [-0.05, 0) is 51.6 Å². The maximum Gasteiger partial charge on any atom is 0.230 e. The van der Waals surface area contributed by atoms with Crippen molar-refractivity contribution in [2.75, 3.05) is 25.5 Å². The van der Waals surface area contributed by atoms with E-state index in [-0.39, 0.29) is 17.9 Å². The van der Waals surface area contributed by atoms with Crippen LogP contribution in [0.5, 0.6) is 5.75 Å². The summed E-state index contributed by atoms with van der Waals surface area (Å²) >= 11 is 0. The Hall–Kier alpha value is -2.86. The number of nitrogens with zero attached hydrogens (tertiary/aromatic N) is 3. The zero-order valence-corrected chi connectivity index (χ0v) is 17.3. The second kappa shape index (κ2) is 8.25. The topological polar surface area (TPSA) is 59.4 Å². The minimum absolute atomic E-state index is 0.0119. The summed E-state index contributed by atoms with van der Waals surface area (Å²) in [6.45, 7) is 6.40. The maximum absolute atomic E-state index is 12.8. The predicted molar refractivity (Wildman–Crippen MR) is 115 cm³/mol. The van der Waals surface area contributed by atoms with Crippen molar-refractivity contribution < 1.29 is 9.53 Å². The zero-order chi connectivity index (χ0) is 20.4. The van der Waals surface area contributed by atoms with E-state index in [9.17, 15) is 4.79 Å². The number of carbonyl (C=O) groups is 1. The van der Waals surface area contributed by atoms with Crippen LogP contribution in [0.1, 0.15) is 25.8 Å². The number of fused-ring (bicyclic) bond motifs is 1. The molecule has 1 N–H and O–H groups in total. The van der Waals surface area contributed by atoms with E-state index in [0.29, 0.717) is 12.4 Å². The summed E-state index contributed by atoms with van der Waals surface area (Å²) < 4.78 is 7.82. The molecule has 2 heterocycles. The van der Waals surface area contributed by atoms with Gasteiger partial charge in [-0.1, -0.05) is 30.3 Å². The van der Waals surface area contributed by atoms with Crippen LogP contribution in [0.4, 0.5) is 5.82 Å². The van der Waals surface area contributed by atoms with Gasteiger partial charge in [-0.25, -0.2) is 0 Å². The van der Waals surface area contributed by atoms with Gasteiger partial charge >= 0.3 is 0 Å². The number of benzene rings is 2. The molecule has 4 rings (SSSR count). The second-order valence-electron chi connectivity index (χ2n) is 8.07. The number of ether oxygens (including phenoxy) is 1. The first-order valence-electron chi connectivity index (χ1n) is 10.2. The molecule has 29 heavy (non-hydrogen) atoms. The molecule has 0 radical (unpaired) electrons. The third kappa shape index (κ3) is 4.43. The molecule has 0 spiro atoms. The highest BCUT2D eigenvalue weighted by Crippen LogP contribution is 2.29. The molecule has 1 saturated heterocycles. The average Bonchev–Trinajstić information content (AvgIpc) is 3.26. The summed E-state index contributed by atoms with van der Waals surface area (Å²) in [7, 11) is 2.05. The lowest BCUT2D eigenvalue weighted by atomic mass is 10.1. The lowest BCUT2D eigenvalue weighted by molar-refractivity contribution is -0.119. The van der Waals surface area contributed by atoms with E-state index in [2.05, 4.69) is 22.3 Å². The average molecular weight is 393 g/mol. The van der Waals surface area contributed by atoms with Crippen molar-refractivity contribution in [1.29, 1.82) is 0 Å². The summed E-state index contributed by atoms with van der Waals surface area (Å²) in [6.07, 6.45) is 0.980. The molecule has 3 aromatic rings. The third-order valence-corrected chi connectivity index (χ3v) is 5.27. The molecule has 1 aliphatic rings. The predicted octanol–water partition coefficient (Wildman–Crippen LogP) is 3.76. The van der Waals surface area contributed by atoms with Crippen molar-refractivity contribution in [1.82, 2.24) is 14.7 Å². The molecular formula is C23H28N4O2. The summed E-state index contributed by atoms with van der Waals surface area (Å²) in [5.41, 5.74) is 2.10. The van der Waals surface area contributed by atoms with Gasteiger partial charge in [-0.2, -0.15) is 5.10 Å². The van der Waals surface area contributed by atoms with Crippen molar-refractivity contribution in [3.8, 4) is 5.75 Å². The van der Waals surface area contributed by atoms with E-state index in [4.69, 9.17) is 9.84 Å². The van der Waals surface area contributed by atoms with Crippen LogP contribution in [-0.4, -0.2) is 46.8 Å². The molecule has 1 fully saturated rings. The molecule has 6 heteroatoms. The summed E-state index contributed by atoms with van der Waals surface area (Å²) in [5.74, 6) is 1.48. The summed E-state index contributed by atoms with van der Waals surface area (Å²) in [5, 5.41) is 8.75. The van der Waals surface area contributed by atoms with Gasteiger partial charge in [0.15, 0.2) is 5.82 Å². The molecule has 152 valence electrons. The number of hydrogen-bond acceptors (Lipinski definition) is 4. The Labute approximate surface area is 171 Å². The Morgan fingerprint density at radius 3 is 2.72 bits per heavy atom. The molecule has 2 aromatic carbocycles. The Bertz CT molecular complexity index is 997. The number of carbonyl (C=O) groups excluding carboxylic acids is 1. The van der Waals surface area contributed by atoms with Gasteiger partial charge in [0.25, 0.3) is 0 Å². The van der Waals surface area contributed by atoms with Crippen LogP contribution in [0.15, 0.2) is 48.5 Å². The van der Waals surface area contributed by atoms with Crippen LogP contribution in [0.2, 0.25) is 0 Å². The van der Waals surface area contributed by atoms with Crippen molar-refractivity contribution in [2.45, 2.75) is 32.9 Å². The second-order valence-corrected chi connectivity index (χ2v) is 8.07. The highest BCUT2D eigenvalue weighted by molar-refractivity contribution is 6.01. The minimum Gasteiger partial charge on any atom is -0.491 e. The van der Waals surface area contributed by atoms with Crippen LogP contribution >= 0.6 is 0 Å². The molecule has 1 atom stereocenters. The number of aromatic nitrogens is 2. The Morgan fingerprint density at radius 2 is 2.03 bits per heavy atom. The fraction of sp³-hybridized carbons (Fsp3) is 0.391. The van der Waals surface area contributed by atoms with E-state index in [1.54, 1.807) is 0 Å². The van der Waals surface area contributed by atoms with Gasteiger partial charge in [-0.15, -0.1) is 0 Å². The highest BCUT2D eigenvalue weighted by atomic mass is 16.5. The largest absolute Gasteiger partial charge is 0.491 e. The standard InChI is InChI=1S/C23H28N4O2/c1-16(2)29-19-9-10-20-21(13-19)27(14-17-7-5-4-6-8-17)25-22(20)24-23(28)18-11-12-26(3)15-18/h4-10,13,16,18H,11-12,14-15H2,1-3H3,(H,24,25,28). The lowest BCUT2D eigenvalue weighted by Crippen LogP contribution is -2.25. The monoisotopic (exact) mass is 392 g/mol. The fourth-order valence-electron chi connectivity index (χ4n) is 3.84. The van der Waals surface area contributed by atoms with Crippen LogP contribution < -0.4 is 10.1 Å². The normalized spacial score (nSPS) is 17.2. The van der Waals surface area contributed by atoms with E-state index < -0.39 is 0 Å². The molecule has 0 bridgehead atoms. The number of amides is 1. The number of hydrogen-bond donors (Lipinski definition) is 1. The van der Waals surface area contributed by atoms with E-state index in [1.807, 2.05) is 62.0 Å². The van der Waals surface area contributed by atoms with Crippen molar-refractivity contribution in [2.24, 2.45) is 5.92 Å². The van der Waals surface area contributed by atoms with Gasteiger partial charge < -0.3 is 15.0 Å². The zero-order valence-electron chi connectivity index (χ0n) is 17.3. The molecule has 0 saturated carbocycles. The van der Waals surface area contributed by atoms with E-state index in [0.717, 1.165) is 41.7 Å². The summed E-state index contributed by atoms with van der Waals surface area (Å²) in [4.78, 5) is 15.0.